The van der Waals surface area contributed by atoms with E-state index in [1.54, 1.807) is 19.1 Å². The van der Waals surface area contributed by atoms with Crippen LogP contribution in [0.4, 0.5) is 5.69 Å². The van der Waals surface area contributed by atoms with Crippen LogP contribution < -0.4 is 5.32 Å². The number of rotatable bonds is 6. The van der Waals surface area contributed by atoms with Gasteiger partial charge < -0.3 is 14.6 Å². The first-order valence-corrected chi connectivity index (χ1v) is 11.6. The molecule has 8 heteroatoms. The van der Waals surface area contributed by atoms with Crippen molar-refractivity contribution in [1.82, 2.24) is 8.87 Å². The smallest absolute Gasteiger partial charge is 0.243 e. The third kappa shape index (κ3) is 4.87. The van der Waals surface area contributed by atoms with Gasteiger partial charge in [0.25, 0.3) is 0 Å². The van der Waals surface area contributed by atoms with Crippen LogP contribution in [0.15, 0.2) is 71.9 Å². The molecule has 1 saturated heterocycles. The molecule has 1 aliphatic heterocycles. The van der Waals surface area contributed by atoms with E-state index in [4.69, 9.17) is 4.74 Å². The zero-order chi connectivity index (χ0) is 21.8. The van der Waals surface area contributed by atoms with Crippen molar-refractivity contribution in [2.24, 2.45) is 0 Å². The molecule has 0 radical (unpaired) electrons. The number of amides is 1. The minimum Gasteiger partial charge on any atom is -0.379 e. The van der Waals surface area contributed by atoms with Crippen molar-refractivity contribution < 1.29 is 17.9 Å². The number of morpholine rings is 1. The Labute approximate surface area is 182 Å². The SMILES string of the molecule is Cc1ccc(NC(=O)Cc2ccc(-n3cccc3)cc2)cc1S(=O)(=O)N1CCOCC1. The number of aromatic nitrogens is 1. The number of aryl methyl sites for hydroxylation is 1. The zero-order valence-corrected chi connectivity index (χ0v) is 18.1. The lowest BCUT2D eigenvalue weighted by atomic mass is 10.1. The molecule has 31 heavy (non-hydrogen) atoms. The Morgan fingerprint density at radius 1 is 1.03 bits per heavy atom. The van der Waals surface area contributed by atoms with Crippen molar-refractivity contribution in [1.29, 1.82) is 0 Å². The van der Waals surface area contributed by atoms with Gasteiger partial charge in [-0.05, 0) is 54.4 Å². The maximum absolute atomic E-state index is 13.0. The first kappa shape index (κ1) is 21.3. The molecule has 1 aromatic heterocycles. The van der Waals surface area contributed by atoms with Gasteiger partial charge >= 0.3 is 0 Å². The number of sulfonamides is 1. The number of anilines is 1. The largest absolute Gasteiger partial charge is 0.379 e. The number of carbonyl (C=O) groups is 1. The van der Waals surface area contributed by atoms with E-state index in [-0.39, 0.29) is 17.2 Å². The van der Waals surface area contributed by atoms with Gasteiger partial charge in [0, 0.05) is 36.9 Å². The summed E-state index contributed by atoms with van der Waals surface area (Å²) in [6.07, 6.45) is 4.12. The second kappa shape index (κ2) is 9.05. The van der Waals surface area contributed by atoms with Crippen LogP contribution >= 0.6 is 0 Å². The van der Waals surface area contributed by atoms with E-state index in [1.807, 2.05) is 53.4 Å². The van der Waals surface area contributed by atoms with E-state index in [9.17, 15) is 13.2 Å². The number of nitrogens with one attached hydrogen (secondary N) is 1. The van der Waals surface area contributed by atoms with Crippen LogP contribution in [0, 0.1) is 6.92 Å². The van der Waals surface area contributed by atoms with Crippen LogP contribution in [0.2, 0.25) is 0 Å². The molecule has 1 aliphatic rings. The van der Waals surface area contributed by atoms with Crippen molar-refractivity contribution >= 4 is 21.6 Å². The maximum Gasteiger partial charge on any atom is 0.243 e. The summed E-state index contributed by atoms with van der Waals surface area (Å²) in [4.78, 5) is 12.8. The van der Waals surface area contributed by atoms with Gasteiger partial charge in [-0.3, -0.25) is 4.79 Å². The van der Waals surface area contributed by atoms with E-state index in [0.717, 1.165) is 11.3 Å². The molecule has 3 aromatic rings. The fourth-order valence-electron chi connectivity index (χ4n) is 3.56. The summed E-state index contributed by atoms with van der Waals surface area (Å²) in [6, 6.07) is 16.6. The van der Waals surface area contributed by atoms with Crippen LogP contribution in [0.5, 0.6) is 0 Å². The first-order chi connectivity index (χ1) is 14.9. The van der Waals surface area contributed by atoms with E-state index in [1.165, 1.54) is 10.4 Å². The topological polar surface area (TPSA) is 80.6 Å². The molecule has 7 nitrogen and oxygen atoms in total. The Balaban J connectivity index is 1.45. The Kier molecular flexibility index (Phi) is 6.22. The van der Waals surface area contributed by atoms with Gasteiger partial charge in [0.2, 0.25) is 15.9 Å². The van der Waals surface area contributed by atoms with Crippen LogP contribution in [0.1, 0.15) is 11.1 Å². The van der Waals surface area contributed by atoms with Crippen molar-refractivity contribution in [3.8, 4) is 5.69 Å². The Morgan fingerprint density at radius 3 is 2.39 bits per heavy atom. The summed E-state index contributed by atoms with van der Waals surface area (Å²) in [6.45, 7) is 3.19. The van der Waals surface area contributed by atoms with Gasteiger partial charge in [0.1, 0.15) is 0 Å². The molecule has 0 saturated carbocycles. The average Bonchev–Trinajstić information content (AvgIpc) is 3.31. The van der Waals surface area contributed by atoms with Crippen LogP contribution in [0.3, 0.4) is 0 Å². The van der Waals surface area contributed by atoms with Crippen molar-refractivity contribution in [3.63, 3.8) is 0 Å². The van der Waals surface area contributed by atoms with E-state index in [2.05, 4.69) is 5.32 Å². The van der Waals surface area contributed by atoms with Crippen molar-refractivity contribution in [3.05, 3.63) is 78.1 Å². The van der Waals surface area contributed by atoms with Gasteiger partial charge in [-0.25, -0.2) is 8.42 Å². The van der Waals surface area contributed by atoms with Crippen LogP contribution in [-0.2, 0) is 26.0 Å². The van der Waals surface area contributed by atoms with Crippen molar-refractivity contribution in [2.75, 3.05) is 31.6 Å². The molecule has 1 amide bonds. The number of hydrogen-bond donors (Lipinski definition) is 1. The molecule has 0 atom stereocenters. The molecule has 2 aromatic carbocycles. The molecule has 0 aliphatic carbocycles. The number of ether oxygens (including phenoxy) is 1. The summed E-state index contributed by atoms with van der Waals surface area (Å²) in [7, 11) is -3.64. The van der Waals surface area contributed by atoms with Crippen LogP contribution in [-0.4, -0.2) is 49.5 Å². The summed E-state index contributed by atoms with van der Waals surface area (Å²) in [5, 5.41) is 2.82. The highest BCUT2D eigenvalue weighted by atomic mass is 32.2. The molecule has 0 bridgehead atoms. The first-order valence-electron chi connectivity index (χ1n) is 10.1. The van der Waals surface area contributed by atoms with E-state index in [0.29, 0.717) is 37.6 Å². The molecule has 0 unspecified atom stereocenters. The van der Waals surface area contributed by atoms with Gasteiger partial charge in [0.15, 0.2) is 0 Å². The summed E-state index contributed by atoms with van der Waals surface area (Å²) >= 11 is 0. The average molecular weight is 440 g/mol. The number of benzene rings is 2. The zero-order valence-electron chi connectivity index (χ0n) is 17.3. The number of nitrogens with zero attached hydrogens (tertiary/aromatic N) is 2. The molecule has 0 spiro atoms. The van der Waals surface area contributed by atoms with Gasteiger partial charge in [-0.1, -0.05) is 18.2 Å². The predicted molar refractivity (Wildman–Crippen MR) is 119 cm³/mol. The second-order valence-electron chi connectivity index (χ2n) is 7.48. The molecule has 4 rings (SSSR count). The molecular weight excluding hydrogens is 414 g/mol. The molecule has 1 fully saturated rings. The van der Waals surface area contributed by atoms with Gasteiger partial charge in [-0.2, -0.15) is 4.31 Å². The minimum absolute atomic E-state index is 0.200. The van der Waals surface area contributed by atoms with E-state index >= 15 is 0 Å². The summed E-state index contributed by atoms with van der Waals surface area (Å²) in [5.74, 6) is -0.202. The third-order valence-electron chi connectivity index (χ3n) is 5.26. The van der Waals surface area contributed by atoms with Gasteiger partial charge in [-0.15, -0.1) is 0 Å². The standard InChI is InChI=1S/C23H25N3O4S/c1-18-4-7-20(17-22(18)31(28,29)26-12-14-30-15-13-26)24-23(27)16-19-5-8-21(9-6-19)25-10-2-3-11-25/h2-11,17H,12-16H2,1H3,(H,24,27). The monoisotopic (exact) mass is 439 g/mol. The molecule has 2 heterocycles. The van der Waals surface area contributed by atoms with Crippen LogP contribution in [0.25, 0.3) is 5.69 Å². The quantitative estimate of drug-likeness (QED) is 0.640. The van der Waals surface area contributed by atoms with E-state index < -0.39 is 10.0 Å². The summed E-state index contributed by atoms with van der Waals surface area (Å²) in [5.41, 5.74) is 3.00. The lowest BCUT2D eigenvalue weighted by molar-refractivity contribution is -0.115. The van der Waals surface area contributed by atoms with Gasteiger partial charge in [0.05, 0.1) is 24.5 Å². The number of hydrogen-bond acceptors (Lipinski definition) is 4. The normalized spacial score (nSPS) is 15.0. The minimum atomic E-state index is -3.64. The Morgan fingerprint density at radius 2 is 1.71 bits per heavy atom. The highest BCUT2D eigenvalue weighted by molar-refractivity contribution is 7.89. The second-order valence-corrected chi connectivity index (χ2v) is 9.38. The third-order valence-corrected chi connectivity index (χ3v) is 7.30. The lowest BCUT2D eigenvalue weighted by Gasteiger charge is -2.26. The highest BCUT2D eigenvalue weighted by Gasteiger charge is 2.28. The Hall–Kier alpha value is -2.94. The highest BCUT2D eigenvalue weighted by Crippen LogP contribution is 2.24. The van der Waals surface area contributed by atoms with Crippen molar-refractivity contribution in [2.45, 2.75) is 18.2 Å². The maximum atomic E-state index is 13.0. The number of carbonyl (C=O) groups excluding carboxylic acids is 1. The molecular formula is C23H25N3O4S. The molecule has 162 valence electrons. The Bertz CT molecular complexity index is 1150. The summed E-state index contributed by atoms with van der Waals surface area (Å²) < 4.78 is 34.7. The fourth-order valence-corrected chi connectivity index (χ4v) is 5.22. The fraction of sp³-hybridized carbons (Fsp3) is 0.261. The lowest BCUT2D eigenvalue weighted by Crippen LogP contribution is -2.40. The molecule has 1 N–H and O–H groups in total. The predicted octanol–water partition coefficient (Wildman–Crippen LogP) is 2.99.